The number of halogens is 4. The summed E-state index contributed by atoms with van der Waals surface area (Å²) in [7, 11) is 0. The number of benzene rings is 1. The molecule has 0 amide bonds. The van der Waals surface area contributed by atoms with Gasteiger partial charge in [0.25, 0.3) is 0 Å². The van der Waals surface area contributed by atoms with Gasteiger partial charge in [-0.05, 0) is 13.0 Å². The number of hydrogen-bond acceptors (Lipinski definition) is 1. The van der Waals surface area contributed by atoms with Gasteiger partial charge in [0.1, 0.15) is 5.82 Å². The normalized spacial score (nSPS) is 12.4. The molecule has 0 aliphatic carbocycles. The van der Waals surface area contributed by atoms with E-state index in [4.69, 9.17) is 5.73 Å². The van der Waals surface area contributed by atoms with Crippen LogP contribution in [-0.4, -0.2) is 6.43 Å². The molecule has 0 heterocycles. The highest BCUT2D eigenvalue weighted by Gasteiger charge is 2.16. The Balaban J connectivity index is 0.00000196. The van der Waals surface area contributed by atoms with E-state index in [1.165, 1.54) is 12.1 Å². The molecule has 1 atom stereocenters. The zero-order chi connectivity index (χ0) is 10.7. The van der Waals surface area contributed by atoms with E-state index in [1.54, 1.807) is 13.0 Å². The lowest BCUT2D eigenvalue weighted by Gasteiger charge is -2.12. The van der Waals surface area contributed by atoms with E-state index in [-0.39, 0.29) is 18.0 Å². The van der Waals surface area contributed by atoms with Crippen LogP contribution in [0.1, 0.15) is 23.6 Å². The third-order valence-corrected chi connectivity index (χ3v) is 1.98. The zero-order valence-corrected chi connectivity index (χ0v) is 9.03. The molecule has 0 aliphatic heterocycles. The topological polar surface area (TPSA) is 26.0 Å². The van der Waals surface area contributed by atoms with E-state index in [9.17, 15) is 13.2 Å². The first-order valence-corrected chi connectivity index (χ1v) is 4.30. The van der Waals surface area contributed by atoms with Crippen molar-refractivity contribution >= 4 is 12.4 Å². The summed E-state index contributed by atoms with van der Waals surface area (Å²) in [5, 5.41) is 0. The lowest BCUT2D eigenvalue weighted by molar-refractivity contribution is 0.128. The Morgan fingerprint density at radius 3 is 2.47 bits per heavy atom. The van der Waals surface area contributed by atoms with Crippen molar-refractivity contribution in [2.24, 2.45) is 5.73 Å². The molecule has 0 saturated carbocycles. The van der Waals surface area contributed by atoms with Crippen molar-refractivity contribution in [3.63, 3.8) is 0 Å². The van der Waals surface area contributed by atoms with E-state index in [0.29, 0.717) is 0 Å². The van der Waals surface area contributed by atoms with Gasteiger partial charge >= 0.3 is 0 Å². The minimum Gasteiger partial charge on any atom is -0.324 e. The van der Waals surface area contributed by atoms with Crippen LogP contribution in [0.5, 0.6) is 0 Å². The van der Waals surface area contributed by atoms with E-state index in [2.05, 4.69) is 0 Å². The maximum atomic E-state index is 13.1. The van der Waals surface area contributed by atoms with Gasteiger partial charge in [-0.25, -0.2) is 13.2 Å². The Hall–Kier alpha value is -0.740. The van der Waals surface area contributed by atoms with Crippen molar-refractivity contribution in [2.45, 2.75) is 25.8 Å². The van der Waals surface area contributed by atoms with Crippen LogP contribution in [0.2, 0.25) is 0 Å². The van der Waals surface area contributed by atoms with Crippen LogP contribution in [0.3, 0.4) is 0 Å². The van der Waals surface area contributed by atoms with E-state index < -0.39 is 24.7 Å². The summed E-state index contributed by atoms with van der Waals surface area (Å²) in [5.41, 5.74) is 6.41. The number of hydrogen-bond donors (Lipinski definition) is 1. The first-order valence-electron chi connectivity index (χ1n) is 4.30. The molecular formula is C10H13ClF3N. The molecule has 86 valence electrons. The molecule has 1 aromatic carbocycles. The van der Waals surface area contributed by atoms with Crippen molar-refractivity contribution < 1.29 is 13.2 Å². The molecule has 0 spiro atoms. The largest absolute Gasteiger partial charge is 0.324 e. The third kappa shape index (κ3) is 4.10. The molecule has 0 aliphatic rings. The fourth-order valence-corrected chi connectivity index (χ4v) is 1.27. The van der Waals surface area contributed by atoms with Gasteiger partial charge in [-0.15, -0.1) is 12.4 Å². The molecule has 5 heteroatoms. The Labute approximate surface area is 92.9 Å². The van der Waals surface area contributed by atoms with Crippen LogP contribution in [0.25, 0.3) is 0 Å². The van der Waals surface area contributed by atoms with Crippen molar-refractivity contribution in [1.82, 2.24) is 0 Å². The summed E-state index contributed by atoms with van der Waals surface area (Å²) in [6.07, 6.45) is -3.02. The first kappa shape index (κ1) is 14.3. The van der Waals surface area contributed by atoms with Gasteiger partial charge in [0.2, 0.25) is 6.43 Å². The lowest BCUT2D eigenvalue weighted by Crippen LogP contribution is -2.15. The Bertz CT molecular complexity index is 318. The number of rotatable bonds is 3. The molecule has 1 rings (SSSR count). The van der Waals surface area contributed by atoms with Crippen LogP contribution >= 0.6 is 12.4 Å². The highest BCUT2D eigenvalue weighted by atomic mass is 35.5. The second kappa shape index (κ2) is 5.98. The quantitative estimate of drug-likeness (QED) is 0.861. The fourth-order valence-electron chi connectivity index (χ4n) is 1.27. The van der Waals surface area contributed by atoms with Crippen molar-refractivity contribution in [3.05, 3.63) is 35.1 Å². The summed E-state index contributed by atoms with van der Waals surface area (Å²) >= 11 is 0. The molecule has 2 N–H and O–H groups in total. The first-order chi connectivity index (χ1) is 6.50. The van der Waals surface area contributed by atoms with Crippen LogP contribution in [0, 0.1) is 12.7 Å². The molecule has 0 bridgehead atoms. The maximum absolute atomic E-state index is 13.1. The highest BCUT2D eigenvalue weighted by molar-refractivity contribution is 5.85. The van der Waals surface area contributed by atoms with Gasteiger partial charge < -0.3 is 5.73 Å². The van der Waals surface area contributed by atoms with Gasteiger partial charge in [-0.3, -0.25) is 0 Å². The van der Waals surface area contributed by atoms with Gasteiger partial charge in [0.15, 0.2) is 0 Å². The average Bonchev–Trinajstić information content (AvgIpc) is 2.08. The van der Waals surface area contributed by atoms with Crippen LogP contribution in [0.4, 0.5) is 13.2 Å². The van der Waals surface area contributed by atoms with Gasteiger partial charge in [-0.1, -0.05) is 17.7 Å². The standard InChI is InChI=1S/C10H12F3N.ClH/c1-6-2-3-8(11)7(4-6)9(14)5-10(12)13;/h2-4,9-10H,5,14H2,1H3;1H/t9-;/m0./s1. The molecule has 0 unspecified atom stereocenters. The highest BCUT2D eigenvalue weighted by Crippen LogP contribution is 2.21. The average molecular weight is 240 g/mol. The van der Waals surface area contributed by atoms with E-state index >= 15 is 0 Å². The minimum absolute atomic E-state index is 0. The minimum atomic E-state index is -2.51. The van der Waals surface area contributed by atoms with Crippen molar-refractivity contribution in [2.75, 3.05) is 0 Å². The molecule has 0 saturated heterocycles. The number of alkyl halides is 2. The third-order valence-electron chi connectivity index (χ3n) is 1.98. The molecule has 15 heavy (non-hydrogen) atoms. The SMILES string of the molecule is Cc1ccc(F)c([C@@H](N)CC(F)F)c1.Cl. The van der Waals surface area contributed by atoms with Crippen LogP contribution < -0.4 is 5.73 Å². The predicted octanol–water partition coefficient (Wildman–Crippen LogP) is 3.21. The Morgan fingerprint density at radius 2 is 1.93 bits per heavy atom. The molecule has 0 radical (unpaired) electrons. The van der Waals surface area contributed by atoms with Crippen molar-refractivity contribution in [1.29, 1.82) is 0 Å². The summed E-state index contributed by atoms with van der Waals surface area (Å²) < 4.78 is 37.1. The van der Waals surface area contributed by atoms with Crippen LogP contribution in [-0.2, 0) is 0 Å². The predicted molar refractivity (Wildman–Crippen MR) is 55.9 cm³/mol. The van der Waals surface area contributed by atoms with Gasteiger partial charge in [-0.2, -0.15) is 0 Å². The maximum Gasteiger partial charge on any atom is 0.240 e. The molecule has 1 nitrogen and oxygen atoms in total. The smallest absolute Gasteiger partial charge is 0.240 e. The summed E-state index contributed by atoms with van der Waals surface area (Å²) in [5.74, 6) is -0.524. The molecule has 0 aromatic heterocycles. The zero-order valence-electron chi connectivity index (χ0n) is 8.21. The summed E-state index contributed by atoms with van der Waals surface area (Å²) in [6, 6.07) is 3.39. The Kier molecular flexibility index (Phi) is 5.68. The van der Waals surface area contributed by atoms with E-state index in [1.807, 2.05) is 0 Å². The van der Waals surface area contributed by atoms with Crippen molar-refractivity contribution in [3.8, 4) is 0 Å². The van der Waals surface area contributed by atoms with Crippen LogP contribution in [0.15, 0.2) is 18.2 Å². The molecule has 1 aromatic rings. The van der Waals surface area contributed by atoms with Gasteiger partial charge in [0, 0.05) is 18.0 Å². The second-order valence-corrected chi connectivity index (χ2v) is 3.26. The lowest BCUT2D eigenvalue weighted by atomic mass is 10.0. The second-order valence-electron chi connectivity index (χ2n) is 3.26. The molecular weight excluding hydrogens is 227 g/mol. The summed E-state index contributed by atoms with van der Waals surface area (Å²) in [6.45, 7) is 1.76. The molecule has 0 fully saturated rings. The number of nitrogens with two attached hydrogens (primary N) is 1. The van der Waals surface area contributed by atoms with Gasteiger partial charge in [0.05, 0.1) is 0 Å². The number of aryl methyl sites for hydroxylation is 1. The van der Waals surface area contributed by atoms with E-state index in [0.717, 1.165) is 5.56 Å². The monoisotopic (exact) mass is 239 g/mol. The Morgan fingerprint density at radius 1 is 1.33 bits per heavy atom. The fraction of sp³-hybridized carbons (Fsp3) is 0.400. The summed E-state index contributed by atoms with van der Waals surface area (Å²) in [4.78, 5) is 0.